The maximum Gasteiger partial charge on any atom is 0.150 e. The third kappa shape index (κ3) is 5.27. The predicted octanol–water partition coefficient (Wildman–Crippen LogP) is 6.12. The van der Waals surface area contributed by atoms with E-state index in [1.54, 1.807) is 24.7 Å². The molecule has 0 saturated heterocycles. The van der Waals surface area contributed by atoms with Gasteiger partial charge >= 0.3 is 0 Å². The van der Waals surface area contributed by atoms with Crippen LogP contribution in [0.1, 0.15) is 5.56 Å². The molecule has 1 unspecified atom stereocenters. The van der Waals surface area contributed by atoms with Crippen LogP contribution in [0.4, 0.5) is 28.4 Å². The summed E-state index contributed by atoms with van der Waals surface area (Å²) >= 11 is 0. The van der Waals surface area contributed by atoms with Crippen LogP contribution in [0.15, 0.2) is 108 Å². The van der Waals surface area contributed by atoms with E-state index in [-0.39, 0.29) is 0 Å². The summed E-state index contributed by atoms with van der Waals surface area (Å²) < 4.78 is 16.1. The zero-order valence-electron chi connectivity index (χ0n) is 18.5. The summed E-state index contributed by atoms with van der Waals surface area (Å²) in [5, 5.41) is 16.8. The van der Waals surface area contributed by atoms with Crippen molar-refractivity contribution < 1.29 is 4.21 Å². The molecule has 0 fully saturated rings. The molecule has 3 N–H and O–H groups in total. The molecule has 35 heavy (non-hydrogen) atoms. The molecular weight excluding hydrogens is 456 g/mol. The number of anilines is 5. The van der Waals surface area contributed by atoms with E-state index < -0.39 is 11.0 Å². The molecule has 0 aliphatic heterocycles. The van der Waals surface area contributed by atoms with E-state index in [9.17, 15) is 9.47 Å². The van der Waals surface area contributed by atoms with Gasteiger partial charge in [0.15, 0.2) is 0 Å². The number of nitrogens with zero attached hydrogens (tertiary/aromatic N) is 3. The van der Waals surface area contributed by atoms with Gasteiger partial charge < -0.3 is 15.4 Å². The second-order valence-electron chi connectivity index (χ2n) is 7.67. The fourth-order valence-corrected chi connectivity index (χ4v) is 4.49. The minimum absolute atomic E-state index is 0.569. The second-order valence-corrected chi connectivity index (χ2v) is 8.88. The molecule has 1 atom stereocenters. The van der Waals surface area contributed by atoms with Crippen LogP contribution in [0.3, 0.4) is 0 Å². The number of nitrogens with one attached hydrogen (secondary N) is 3. The first-order chi connectivity index (χ1) is 17.2. The van der Waals surface area contributed by atoms with Crippen LogP contribution in [-0.2, 0) is 11.0 Å². The second kappa shape index (κ2) is 10.0. The lowest BCUT2D eigenvalue weighted by atomic mass is 10.1. The SMILES string of the molecule is N#Cc1ccc2nccc(Nc3cccc(NS(=O)c4cccc(Nc5ccncc5)c4)c3)c2c1. The van der Waals surface area contributed by atoms with Crippen molar-refractivity contribution in [1.29, 1.82) is 5.26 Å². The molecule has 0 spiro atoms. The Morgan fingerprint density at radius 1 is 0.743 bits per heavy atom. The topological polar surface area (TPSA) is 103 Å². The van der Waals surface area contributed by atoms with E-state index in [2.05, 4.69) is 31.4 Å². The lowest BCUT2D eigenvalue weighted by Crippen LogP contribution is -2.05. The van der Waals surface area contributed by atoms with E-state index >= 15 is 0 Å². The van der Waals surface area contributed by atoms with Crippen LogP contribution in [0.5, 0.6) is 0 Å². The first kappa shape index (κ1) is 22.1. The average Bonchev–Trinajstić information content (AvgIpc) is 2.89. The first-order valence-electron chi connectivity index (χ1n) is 10.8. The maximum atomic E-state index is 13.0. The Morgan fingerprint density at radius 3 is 2.34 bits per heavy atom. The van der Waals surface area contributed by atoms with E-state index in [1.807, 2.05) is 78.9 Å². The van der Waals surface area contributed by atoms with Crippen molar-refractivity contribution in [2.24, 2.45) is 0 Å². The molecule has 0 aliphatic rings. The molecule has 2 heterocycles. The smallest absolute Gasteiger partial charge is 0.150 e. The molecular formula is C27H20N6OS. The van der Waals surface area contributed by atoms with Crippen molar-refractivity contribution in [3.05, 3.63) is 109 Å². The van der Waals surface area contributed by atoms with Crippen molar-refractivity contribution in [3.8, 4) is 6.07 Å². The molecule has 170 valence electrons. The van der Waals surface area contributed by atoms with Crippen LogP contribution in [-0.4, -0.2) is 14.2 Å². The number of benzene rings is 3. The Bertz CT molecular complexity index is 1570. The maximum absolute atomic E-state index is 13.0. The molecule has 2 aromatic heterocycles. The third-order valence-electron chi connectivity index (χ3n) is 5.24. The molecule has 0 amide bonds. The van der Waals surface area contributed by atoms with Crippen molar-refractivity contribution in [2.45, 2.75) is 4.90 Å². The Labute approximate surface area is 205 Å². The lowest BCUT2D eigenvalue weighted by molar-refractivity contribution is 0.686. The number of pyridine rings is 2. The fourth-order valence-electron chi connectivity index (χ4n) is 3.60. The van der Waals surface area contributed by atoms with Gasteiger partial charge in [0.05, 0.1) is 22.0 Å². The van der Waals surface area contributed by atoms with Gasteiger partial charge in [0.2, 0.25) is 0 Å². The van der Waals surface area contributed by atoms with Crippen molar-refractivity contribution in [2.75, 3.05) is 15.4 Å². The van der Waals surface area contributed by atoms with E-state index in [4.69, 9.17) is 0 Å². The fraction of sp³-hybridized carbons (Fsp3) is 0. The van der Waals surface area contributed by atoms with Crippen LogP contribution >= 0.6 is 0 Å². The van der Waals surface area contributed by atoms with Crippen LogP contribution in [0, 0.1) is 11.3 Å². The van der Waals surface area contributed by atoms with Gasteiger partial charge in [0.1, 0.15) is 11.0 Å². The Kier molecular flexibility index (Phi) is 6.33. The van der Waals surface area contributed by atoms with Gasteiger partial charge in [0.25, 0.3) is 0 Å². The molecule has 8 heteroatoms. The molecule has 0 saturated carbocycles. The van der Waals surface area contributed by atoms with Gasteiger partial charge in [-0.15, -0.1) is 0 Å². The van der Waals surface area contributed by atoms with Gasteiger partial charge in [-0.3, -0.25) is 9.97 Å². The van der Waals surface area contributed by atoms with Gasteiger partial charge in [-0.2, -0.15) is 5.26 Å². The summed E-state index contributed by atoms with van der Waals surface area (Å²) in [5.74, 6) is 0. The van der Waals surface area contributed by atoms with Crippen molar-refractivity contribution >= 4 is 50.3 Å². The highest BCUT2D eigenvalue weighted by Crippen LogP contribution is 2.28. The molecule has 5 rings (SSSR count). The van der Waals surface area contributed by atoms with E-state index in [1.165, 1.54) is 0 Å². The molecule has 7 nitrogen and oxygen atoms in total. The highest BCUT2D eigenvalue weighted by atomic mass is 32.2. The molecule has 0 aliphatic carbocycles. The summed E-state index contributed by atoms with van der Waals surface area (Å²) in [6, 6.07) is 28.2. The number of rotatable bonds is 7. The average molecular weight is 477 g/mol. The summed E-state index contributed by atoms with van der Waals surface area (Å²) in [4.78, 5) is 9.03. The number of nitriles is 1. The number of aromatic nitrogens is 2. The Balaban J connectivity index is 1.33. The van der Waals surface area contributed by atoms with Gasteiger partial charge in [-0.1, -0.05) is 12.1 Å². The van der Waals surface area contributed by atoms with Crippen molar-refractivity contribution in [1.82, 2.24) is 9.97 Å². The monoisotopic (exact) mass is 476 g/mol. The summed E-state index contributed by atoms with van der Waals surface area (Å²) in [6.45, 7) is 0. The quantitative estimate of drug-likeness (QED) is 0.261. The van der Waals surface area contributed by atoms with Gasteiger partial charge in [0, 0.05) is 52.4 Å². The minimum atomic E-state index is -1.46. The largest absolute Gasteiger partial charge is 0.355 e. The summed E-state index contributed by atoms with van der Waals surface area (Å²) in [6.07, 6.45) is 5.15. The third-order valence-corrected chi connectivity index (χ3v) is 6.34. The Morgan fingerprint density at radius 2 is 1.51 bits per heavy atom. The highest BCUT2D eigenvalue weighted by molar-refractivity contribution is 7.86. The van der Waals surface area contributed by atoms with Crippen LogP contribution in [0.2, 0.25) is 0 Å². The molecule has 0 bridgehead atoms. The highest BCUT2D eigenvalue weighted by Gasteiger charge is 2.08. The van der Waals surface area contributed by atoms with Crippen LogP contribution < -0.4 is 15.4 Å². The van der Waals surface area contributed by atoms with E-state index in [0.29, 0.717) is 16.1 Å². The zero-order chi connectivity index (χ0) is 24.0. The van der Waals surface area contributed by atoms with Crippen molar-refractivity contribution in [3.63, 3.8) is 0 Å². The summed E-state index contributed by atoms with van der Waals surface area (Å²) in [7, 11) is -1.46. The molecule has 0 radical (unpaired) electrons. The van der Waals surface area contributed by atoms with Crippen LogP contribution in [0.25, 0.3) is 10.9 Å². The molecule has 3 aromatic carbocycles. The molecule has 5 aromatic rings. The van der Waals surface area contributed by atoms with Gasteiger partial charge in [-0.05, 0) is 72.8 Å². The number of hydrogen-bond donors (Lipinski definition) is 3. The standard InChI is InChI=1S/C27H20N6OS/c28-18-19-7-8-26-25(15-19)27(11-14-30-26)32-21-3-1-5-23(16-21)33-35(34)24-6-2-4-22(17-24)31-20-9-12-29-13-10-20/h1-17,33H,(H,29,31)(H,30,32). The first-order valence-corrected chi connectivity index (χ1v) is 11.9. The number of fused-ring (bicyclic) bond motifs is 1. The summed E-state index contributed by atoms with van der Waals surface area (Å²) in [5.41, 5.74) is 5.46. The van der Waals surface area contributed by atoms with E-state index in [0.717, 1.165) is 33.7 Å². The minimum Gasteiger partial charge on any atom is -0.355 e. The number of hydrogen-bond acceptors (Lipinski definition) is 6. The predicted molar refractivity (Wildman–Crippen MR) is 140 cm³/mol. The Hall–Kier alpha value is -4.74. The lowest BCUT2D eigenvalue weighted by Gasteiger charge is -2.12. The zero-order valence-corrected chi connectivity index (χ0v) is 19.3. The normalized spacial score (nSPS) is 11.4. The van der Waals surface area contributed by atoms with Gasteiger partial charge in [-0.25, -0.2) is 4.21 Å².